The topological polar surface area (TPSA) is 68.3 Å². The molecule has 0 fully saturated rings. The molecule has 0 unspecified atom stereocenters. The second-order valence-corrected chi connectivity index (χ2v) is 7.41. The van der Waals surface area contributed by atoms with Crippen molar-refractivity contribution in [2.75, 3.05) is 6.54 Å². The van der Waals surface area contributed by atoms with Gasteiger partial charge in [0.2, 0.25) is 0 Å². The van der Waals surface area contributed by atoms with E-state index in [4.69, 9.17) is 4.74 Å². The largest absolute Gasteiger partial charge is 0.449 e. The van der Waals surface area contributed by atoms with E-state index in [0.29, 0.717) is 17.8 Å². The van der Waals surface area contributed by atoms with Crippen LogP contribution < -0.4 is 5.32 Å². The van der Waals surface area contributed by atoms with E-state index in [1.165, 1.54) is 18.4 Å². The predicted molar refractivity (Wildman–Crippen MR) is 110 cm³/mol. The molecule has 0 saturated heterocycles. The van der Waals surface area contributed by atoms with E-state index in [2.05, 4.69) is 16.4 Å². The van der Waals surface area contributed by atoms with Gasteiger partial charge in [-0.15, -0.1) is 0 Å². The first-order chi connectivity index (χ1) is 13.5. The Morgan fingerprint density at radius 2 is 2.00 bits per heavy atom. The summed E-state index contributed by atoms with van der Waals surface area (Å²) < 4.78 is 5.45. The maximum Gasteiger partial charge on any atom is 0.341 e. The lowest BCUT2D eigenvalue weighted by Crippen LogP contribution is -2.36. The molecule has 2 aromatic rings. The van der Waals surface area contributed by atoms with E-state index in [1.54, 1.807) is 13.8 Å². The second kappa shape index (κ2) is 9.00. The molecular formula is C23H28N2O3. The molecule has 5 heteroatoms. The average molecular weight is 380 g/mol. The number of carbonyl (C=O) groups is 2. The first-order valence-electron chi connectivity index (χ1n) is 10.00. The summed E-state index contributed by atoms with van der Waals surface area (Å²) in [6.45, 7) is 5.85. The number of esters is 1. The molecule has 1 aromatic carbocycles. The van der Waals surface area contributed by atoms with E-state index in [-0.39, 0.29) is 5.91 Å². The molecule has 0 bridgehead atoms. The van der Waals surface area contributed by atoms with Crippen molar-refractivity contribution in [3.8, 4) is 0 Å². The number of benzene rings is 1. The van der Waals surface area contributed by atoms with Gasteiger partial charge in [0.15, 0.2) is 6.10 Å². The molecule has 1 aromatic heterocycles. The Labute approximate surface area is 166 Å². The number of aryl methyl sites for hydroxylation is 2. The highest BCUT2D eigenvalue weighted by atomic mass is 16.5. The van der Waals surface area contributed by atoms with Crippen LogP contribution in [0.4, 0.5) is 0 Å². The number of aromatic nitrogens is 1. The first kappa shape index (κ1) is 20.1. The number of hydrogen-bond acceptors (Lipinski definition) is 4. The molecular weight excluding hydrogens is 352 g/mol. The van der Waals surface area contributed by atoms with Gasteiger partial charge in [0, 0.05) is 11.9 Å². The molecule has 5 nitrogen and oxygen atoms in total. The number of nitrogens with one attached hydrogen (secondary N) is 1. The number of rotatable bonds is 6. The van der Waals surface area contributed by atoms with Crippen LogP contribution in [0.15, 0.2) is 35.9 Å². The number of ether oxygens (including phenoxy) is 1. The van der Waals surface area contributed by atoms with Crippen molar-refractivity contribution in [1.82, 2.24) is 10.3 Å². The number of allylic oxidation sites excluding steroid dienone is 1. The predicted octanol–water partition coefficient (Wildman–Crippen LogP) is 4.40. The number of pyridine rings is 1. The van der Waals surface area contributed by atoms with E-state index >= 15 is 0 Å². The minimum Gasteiger partial charge on any atom is -0.449 e. The molecule has 0 radical (unpaired) electrons. The van der Waals surface area contributed by atoms with Gasteiger partial charge in [-0.05, 0) is 64.5 Å². The smallest absolute Gasteiger partial charge is 0.341 e. The maximum absolute atomic E-state index is 12.7. The number of nitrogens with zero attached hydrogens (tertiary/aromatic N) is 1. The number of hydrogen-bond donors (Lipinski definition) is 1. The zero-order valence-electron chi connectivity index (χ0n) is 16.9. The summed E-state index contributed by atoms with van der Waals surface area (Å²) in [7, 11) is 0. The molecule has 0 saturated carbocycles. The van der Waals surface area contributed by atoms with Crippen molar-refractivity contribution >= 4 is 22.8 Å². The summed E-state index contributed by atoms with van der Waals surface area (Å²) in [4.78, 5) is 29.5. The molecule has 1 aliphatic carbocycles. The molecule has 1 aliphatic rings. The minimum absolute atomic E-state index is 0.270. The summed E-state index contributed by atoms with van der Waals surface area (Å²) in [5.41, 5.74) is 4.12. The Balaban J connectivity index is 1.61. The van der Waals surface area contributed by atoms with Crippen LogP contribution in [0.25, 0.3) is 10.9 Å². The number of amides is 1. The highest BCUT2D eigenvalue weighted by molar-refractivity contribution is 5.99. The Kier molecular flexibility index (Phi) is 6.45. The van der Waals surface area contributed by atoms with Gasteiger partial charge >= 0.3 is 5.97 Å². The quantitative estimate of drug-likeness (QED) is 0.596. The SMILES string of the molecule is Cc1nc2ccccc2c(C)c1C(=O)O[C@@H](C)C(=O)NCCC1=CCCCC1. The molecule has 1 amide bonds. The van der Waals surface area contributed by atoms with Crippen molar-refractivity contribution in [1.29, 1.82) is 0 Å². The summed E-state index contributed by atoms with van der Waals surface area (Å²) in [6, 6.07) is 7.69. The fourth-order valence-corrected chi connectivity index (χ4v) is 3.73. The lowest BCUT2D eigenvalue weighted by atomic mass is 9.97. The zero-order valence-corrected chi connectivity index (χ0v) is 16.9. The van der Waals surface area contributed by atoms with Crippen LogP contribution in [0.5, 0.6) is 0 Å². The highest BCUT2D eigenvalue weighted by Gasteiger charge is 2.23. The van der Waals surface area contributed by atoms with E-state index in [1.807, 2.05) is 31.2 Å². The van der Waals surface area contributed by atoms with Crippen LogP contribution >= 0.6 is 0 Å². The maximum atomic E-state index is 12.7. The van der Waals surface area contributed by atoms with Crippen LogP contribution in [-0.4, -0.2) is 29.5 Å². The summed E-state index contributed by atoms with van der Waals surface area (Å²) >= 11 is 0. The lowest BCUT2D eigenvalue weighted by molar-refractivity contribution is -0.129. The monoisotopic (exact) mass is 380 g/mol. The van der Waals surface area contributed by atoms with Gasteiger partial charge in [0.05, 0.1) is 16.8 Å². The third-order valence-electron chi connectivity index (χ3n) is 5.32. The van der Waals surface area contributed by atoms with Crippen LogP contribution in [0.1, 0.15) is 60.6 Å². The minimum atomic E-state index is -0.849. The highest BCUT2D eigenvalue weighted by Crippen LogP contribution is 2.23. The average Bonchev–Trinajstić information content (AvgIpc) is 2.68. The van der Waals surface area contributed by atoms with Crippen molar-refractivity contribution in [2.24, 2.45) is 0 Å². The Morgan fingerprint density at radius 3 is 2.75 bits per heavy atom. The van der Waals surface area contributed by atoms with Crippen LogP contribution in [0.2, 0.25) is 0 Å². The number of fused-ring (bicyclic) bond motifs is 1. The molecule has 0 aliphatic heterocycles. The second-order valence-electron chi connectivity index (χ2n) is 7.41. The molecule has 0 spiro atoms. The van der Waals surface area contributed by atoms with E-state index < -0.39 is 12.1 Å². The summed E-state index contributed by atoms with van der Waals surface area (Å²) in [6.07, 6.45) is 7.02. The fraction of sp³-hybridized carbons (Fsp3) is 0.435. The van der Waals surface area contributed by atoms with Crippen molar-refractivity contribution in [3.05, 3.63) is 52.7 Å². The molecule has 148 valence electrons. The van der Waals surface area contributed by atoms with Crippen LogP contribution in [-0.2, 0) is 9.53 Å². The Bertz CT molecular complexity index is 917. The Morgan fingerprint density at radius 1 is 1.21 bits per heavy atom. The van der Waals surface area contributed by atoms with Gasteiger partial charge in [0.1, 0.15) is 0 Å². The van der Waals surface area contributed by atoms with Crippen LogP contribution in [0, 0.1) is 13.8 Å². The van der Waals surface area contributed by atoms with Gasteiger partial charge < -0.3 is 10.1 Å². The number of carbonyl (C=O) groups excluding carboxylic acids is 2. The summed E-state index contributed by atoms with van der Waals surface area (Å²) in [5, 5.41) is 3.79. The molecule has 3 rings (SSSR count). The Hall–Kier alpha value is -2.69. The molecule has 1 N–H and O–H groups in total. The third kappa shape index (κ3) is 4.58. The van der Waals surface area contributed by atoms with Crippen molar-refractivity contribution in [3.63, 3.8) is 0 Å². The van der Waals surface area contributed by atoms with E-state index in [9.17, 15) is 9.59 Å². The molecule has 1 atom stereocenters. The van der Waals surface area contributed by atoms with Crippen LogP contribution in [0.3, 0.4) is 0 Å². The fourth-order valence-electron chi connectivity index (χ4n) is 3.73. The van der Waals surface area contributed by atoms with Gasteiger partial charge in [-0.25, -0.2) is 4.79 Å². The lowest BCUT2D eigenvalue weighted by Gasteiger charge is -2.17. The van der Waals surface area contributed by atoms with Crippen molar-refractivity contribution < 1.29 is 14.3 Å². The third-order valence-corrected chi connectivity index (χ3v) is 5.32. The molecule has 1 heterocycles. The first-order valence-corrected chi connectivity index (χ1v) is 10.00. The van der Waals surface area contributed by atoms with Gasteiger partial charge in [-0.1, -0.05) is 29.8 Å². The number of para-hydroxylation sites is 1. The molecule has 28 heavy (non-hydrogen) atoms. The van der Waals surface area contributed by atoms with E-state index in [0.717, 1.165) is 35.7 Å². The standard InChI is InChI=1S/C23H28N2O3/c1-15-19-11-7-8-12-20(19)25-16(2)21(15)23(27)28-17(3)22(26)24-14-13-18-9-5-4-6-10-18/h7-9,11-12,17H,4-6,10,13-14H2,1-3H3,(H,24,26)/t17-/m0/s1. The zero-order chi connectivity index (χ0) is 20.1. The van der Waals surface area contributed by atoms with Gasteiger partial charge in [-0.3, -0.25) is 9.78 Å². The van der Waals surface area contributed by atoms with Gasteiger partial charge in [-0.2, -0.15) is 0 Å². The normalized spacial score (nSPS) is 15.0. The summed E-state index contributed by atoms with van der Waals surface area (Å²) in [5.74, 6) is -0.778. The van der Waals surface area contributed by atoms with Gasteiger partial charge in [0.25, 0.3) is 5.91 Å². The van der Waals surface area contributed by atoms with Crippen molar-refractivity contribution in [2.45, 2.75) is 59.0 Å².